The minimum absolute atomic E-state index is 0.0544. The first-order valence-corrected chi connectivity index (χ1v) is 13.6. The molecule has 1 aromatic carbocycles. The summed E-state index contributed by atoms with van der Waals surface area (Å²) in [6.45, 7) is 5.33. The summed E-state index contributed by atoms with van der Waals surface area (Å²) in [5.41, 5.74) is 0. The molecule has 0 aromatic heterocycles. The van der Waals surface area contributed by atoms with Crippen molar-refractivity contribution in [3.63, 3.8) is 0 Å². The second-order valence-corrected chi connectivity index (χ2v) is 10.4. The third-order valence-corrected chi connectivity index (χ3v) is 7.88. The molecule has 0 radical (unpaired) electrons. The van der Waals surface area contributed by atoms with E-state index in [1.54, 1.807) is 0 Å². The van der Waals surface area contributed by atoms with E-state index < -0.39 is 0 Å². The van der Waals surface area contributed by atoms with Gasteiger partial charge in [0.2, 0.25) is 0 Å². The predicted octanol–water partition coefficient (Wildman–Crippen LogP) is 8.35. The molecule has 0 amide bonds. The fourth-order valence-corrected chi connectivity index (χ4v) is 5.76. The van der Waals surface area contributed by atoms with Gasteiger partial charge in [0.1, 0.15) is 11.5 Å². The van der Waals surface area contributed by atoms with Crippen LogP contribution in [0.1, 0.15) is 110 Å². The van der Waals surface area contributed by atoms with Crippen molar-refractivity contribution in [3.05, 3.63) is 24.3 Å². The average Bonchev–Trinajstić information content (AvgIpc) is 2.83. The molecule has 1 aromatic rings. The van der Waals surface area contributed by atoms with E-state index in [1.807, 2.05) is 24.3 Å². The Balaban J connectivity index is 1.29. The van der Waals surface area contributed by atoms with Crippen LogP contribution in [0.5, 0.6) is 11.5 Å². The van der Waals surface area contributed by atoms with Crippen molar-refractivity contribution < 1.29 is 14.3 Å². The Hall–Kier alpha value is -1.51. The van der Waals surface area contributed by atoms with Gasteiger partial charge in [-0.15, -0.1) is 0 Å². The van der Waals surface area contributed by atoms with E-state index >= 15 is 0 Å². The van der Waals surface area contributed by atoms with Crippen LogP contribution in [-0.2, 0) is 4.79 Å². The molecule has 2 aliphatic rings. The number of carbonyl (C=O) groups is 1. The normalized spacial score (nSPS) is 25.9. The summed E-state index contributed by atoms with van der Waals surface area (Å²) >= 11 is 0. The summed E-state index contributed by atoms with van der Waals surface area (Å²) in [4.78, 5) is 12.5. The third kappa shape index (κ3) is 8.45. The maximum Gasteiger partial charge on any atom is 0.314 e. The third-order valence-electron chi connectivity index (χ3n) is 7.88. The van der Waals surface area contributed by atoms with Crippen LogP contribution in [0.3, 0.4) is 0 Å². The molecule has 180 valence electrons. The summed E-state index contributed by atoms with van der Waals surface area (Å²) in [5.74, 6) is 4.22. The van der Waals surface area contributed by atoms with Gasteiger partial charge in [-0.25, -0.2) is 0 Å². The van der Waals surface area contributed by atoms with Crippen molar-refractivity contribution in [1.82, 2.24) is 0 Å². The largest absolute Gasteiger partial charge is 0.494 e. The second kappa shape index (κ2) is 13.9. The van der Waals surface area contributed by atoms with E-state index in [0.717, 1.165) is 49.4 Å². The van der Waals surface area contributed by atoms with Crippen molar-refractivity contribution in [1.29, 1.82) is 0 Å². The molecule has 3 nitrogen and oxygen atoms in total. The lowest BCUT2D eigenvalue weighted by Crippen LogP contribution is -2.25. The highest BCUT2D eigenvalue weighted by atomic mass is 16.5. The summed E-state index contributed by atoms with van der Waals surface area (Å²) in [5, 5.41) is 0. The highest BCUT2D eigenvalue weighted by Gasteiger charge is 2.27. The zero-order valence-electron chi connectivity index (χ0n) is 20.7. The molecule has 0 heterocycles. The van der Waals surface area contributed by atoms with Gasteiger partial charge in [-0.05, 0) is 80.5 Å². The van der Waals surface area contributed by atoms with Gasteiger partial charge in [-0.1, -0.05) is 71.6 Å². The Kier molecular flexibility index (Phi) is 10.9. The zero-order valence-corrected chi connectivity index (χ0v) is 20.7. The zero-order chi connectivity index (χ0) is 22.6. The number of hydrogen-bond acceptors (Lipinski definition) is 3. The Bertz CT molecular complexity index is 637. The summed E-state index contributed by atoms with van der Waals surface area (Å²) in [6, 6.07) is 7.60. The molecule has 2 fully saturated rings. The quantitative estimate of drug-likeness (QED) is 0.185. The number of unbranched alkanes of at least 4 members (excludes halogenated alkanes) is 1. The van der Waals surface area contributed by atoms with Crippen LogP contribution in [0.2, 0.25) is 0 Å². The molecule has 3 rings (SSSR count). The van der Waals surface area contributed by atoms with Crippen LogP contribution in [0.15, 0.2) is 24.3 Å². The Labute approximate surface area is 196 Å². The van der Waals surface area contributed by atoms with Crippen molar-refractivity contribution in [2.45, 2.75) is 110 Å². The predicted molar refractivity (Wildman–Crippen MR) is 132 cm³/mol. The van der Waals surface area contributed by atoms with Crippen molar-refractivity contribution >= 4 is 5.97 Å². The lowest BCUT2D eigenvalue weighted by molar-refractivity contribution is -0.140. The maximum absolute atomic E-state index is 12.5. The van der Waals surface area contributed by atoms with Gasteiger partial charge < -0.3 is 9.47 Å². The van der Waals surface area contributed by atoms with E-state index in [9.17, 15) is 4.79 Å². The van der Waals surface area contributed by atoms with Crippen LogP contribution in [0.4, 0.5) is 0 Å². The monoisotopic (exact) mass is 442 g/mol. The van der Waals surface area contributed by atoms with E-state index in [-0.39, 0.29) is 11.9 Å². The molecule has 3 heteroatoms. The number of esters is 1. The van der Waals surface area contributed by atoms with E-state index in [4.69, 9.17) is 9.47 Å². The Morgan fingerprint density at radius 1 is 0.719 bits per heavy atom. The smallest absolute Gasteiger partial charge is 0.314 e. The minimum Gasteiger partial charge on any atom is -0.494 e. The van der Waals surface area contributed by atoms with Gasteiger partial charge in [0.15, 0.2) is 0 Å². The first-order chi connectivity index (χ1) is 15.7. The number of carbonyl (C=O) groups excluding carboxylic acids is 1. The Morgan fingerprint density at radius 2 is 1.25 bits per heavy atom. The van der Waals surface area contributed by atoms with Gasteiger partial charge >= 0.3 is 5.97 Å². The van der Waals surface area contributed by atoms with Gasteiger partial charge in [0, 0.05) is 0 Å². The van der Waals surface area contributed by atoms with Crippen LogP contribution < -0.4 is 9.47 Å². The Morgan fingerprint density at radius 3 is 1.84 bits per heavy atom. The molecule has 0 atom stereocenters. The number of hydrogen-bond donors (Lipinski definition) is 0. The molecule has 32 heavy (non-hydrogen) atoms. The summed E-state index contributed by atoms with van der Waals surface area (Å²) in [6.07, 6.45) is 19.0. The molecular weight excluding hydrogens is 396 g/mol. The molecule has 0 saturated heterocycles. The molecule has 2 aliphatic carbocycles. The van der Waals surface area contributed by atoms with E-state index in [2.05, 4.69) is 13.8 Å². The minimum atomic E-state index is -0.0544. The average molecular weight is 443 g/mol. The van der Waals surface area contributed by atoms with E-state index in [0.29, 0.717) is 5.75 Å². The van der Waals surface area contributed by atoms with Gasteiger partial charge in [0.05, 0.1) is 12.5 Å². The lowest BCUT2D eigenvalue weighted by Gasteiger charge is -2.28. The molecule has 2 saturated carbocycles. The van der Waals surface area contributed by atoms with Crippen molar-refractivity contribution in [2.24, 2.45) is 23.7 Å². The van der Waals surface area contributed by atoms with Crippen LogP contribution in [-0.4, -0.2) is 12.6 Å². The summed E-state index contributed by atoms with van der Waals surface area (Å²) < 4.78 is 11.6. The standard InChI is InChI=1S/C29H46O3/c1-3-5-8-24-14-16-26(17-15-24)29(30)32-28-20-18-27(19-21-28)31-22-6-9-25-12-10-23(7-4-2)11-13-25/h18-21,23-26H,3-17,22H2,1-2H3. The topological polar surface area (TPSA) is 35.5 Å². The lowest BCUT2D eigenvalue weighted by atomic mass is 9.78. The van der Waals surface area contributed by atoms with Crippen LogP contribution >= 0.6 is 0 Å². The van der Waals surface area contributed by atoms with Crippen LogP contribution in [0.25, 0.3) is 0 Å². The molecule has 0 bridgehead atoms. The fraction of sp³-hybridized carbons (Fsp3) is 0.759. The fourth-order valence-electron chi connectivity index (χ4n) is 5.76. The molecule has 0 spiro atoms. The van der Waals surface area contributed by atoms with Crippen molar-refractivity contribution in [2.75, 3.05) is 6.61 Å². The van der Waals surface area contributed by atoms with Crippen LogP contribution in [0, 0.1) is 23.7 Å². The second-order valence-electron chi connectivity index (χ2n) is 10.4. The number of rotatable bonds is 12. The first-order valence-electron chi connectivity index (χ1n) is 13.6. The maximum atomic E-state index is 12.5. The molecule has 0 aliphatic heterocycles. The first kappa shape index (κ1) is 25.1. The molecular formula is C29H46O3. The van der Waals surface area contributed by atoms with Gasteiger partial charge in [-0.2, -0.15) is 0 Å². The van der Waals surface area contributed by atoms with E-state index in [1.165, 1.54) is 77.0 Å². The number of benzene rings is 1. The number of ether oxygens (including phenoxy) is 2. The summed E-state index contributed by atoms with van der Waals surface area (Å²) in [7, 11) is 0. The van der Waals surface area contributed by atoms with Gasteiger partial charge in [0.25, 0.3) is 0 Å². The molecule has 0 unspecified atom stereocenters. The highest BCUT2D eigenvalue weighted by molar-refractivity contribution is 5.75. The highest BCUT2D eigenvalue weighted by Crippen LogP contribution is 2.34. The molecule has 0 N–H and O–H groups in total. The SMILES string of the molecule is CCCCC1CCC(C(=O)Oc2ccc(OCCCC3CCC(CCC)CC3)cc2)CC1. The van der Waals surface area contributed by atoms with Gasteiger partial charge in [-0.3, -0.25) is 4.79 Å². The van der Waals surface area contributed by atoms with Crippen molar-refractivity contribution in [3.8, 4) is 11.5 Å².